The maximum atomic E-state index is 11.4. The molecule has 0 aromatic carbocycles. The van der Waals surface area contributed by atoms with E-state index in [0.717, 1.165) is 0 Å². The van der Waals surface area contributed by atoms with Crippen molar-refractivity contribution in [3.8, 4) is 0 Å². The Morgan fingerprint density at radius 3 is 2.13 bits per heavy atom. The summed E-state index contributed by atoms with van der Waals surface area (Å²) < 4.78 is 22.8. The minimum absolute atomic E-state index is 0.112. The van der Waals surface area contributed by atoms with Crippen LogP contribution in [0.15, 0.2) is 0 Å². The summed E-state index contributed by atoms with van der Waals surface area (Å²) in [6.07, 6.45) is 1.33. The van der Waals surface area contributed by atoms with Crippen molar-refractivity contribution in [2.75, 3.05) is 25.1 Å². The summed E-state index contributed by atoms with van der Waals surface area (Å²) in [6.45, 7) is 4.76. The molecule has 0 aromatic heterocycles. The Balaban J connectivity index is 2.81. The van der Waals surface area contributed by atoms with Gasteiger partial charge in [-0.3, -0.25) is 4.90 Å². The molecule has 1 rings (SSSR count). The van der Waals surface area contributed by atoms with Crippen molar-refractivity contribution in [2.45, 2.75) is 38.3 Å². The van der Waals surface area contributed by atoms with E-state index < -0.39 is 9.84 Å². The van der Waals surface area contributed by atoms with Gasteiger partial charge in [0.2, 0.25) is 0 Å². The molecule has 90 valence electrons. The lowest BCUT2D eigenvalue weighted by molar-refractivity contribution is 0.0818. The summed E-state index contributed by atoms with van der Waals surface area (Å²) in [5.74, 6) is 0.558. The highest BCUT2D eigenvalue weighted by molar-refractivity contribution is 7.91. The topological polar surface area (TPSA) is 63.4 Å². The molecule has 0 aromatic rings. The van der Waals surface area contributed by atoms with Gasteiger partial charge in [-0.2, -0.15) is 0 Å². The number of nitrogens with two attached hydrogens (primary N) is 1. The Morgan fingerprint density at radius 2 is 1.80 bits per heavy atom. The Labute approximate surface area is 92.7 Å². The normalized spacial score (nSPS) is 24.7. The van der Waals surface area contributed by atoms with Crippen molar-refractivity contribution in [1.29, 1.82) is 0 Å². The highest BCUT2D eigenvalue weighted by atomic mass is 32.2. The Hall–Kier alpha value is -0.130. The van der Waals surface area contributed by atoms with E-state index in [1.807, 2.05) is 7.05 Å². The van der Waals surface area contributed by atoms with Crippen molar-refractivity contribution in [1.82, 2.24) is 4.90 Å². The van der Waals surface area contributed by atoms with Crippen LogP contribution in [-0.2, 0) is 9.84 Å². The standard InChI is InChI=1S/C10H22N2O2S/c1-9(2)12(3)10(8-11)4-6-15(13,14)7-5-10/h9H,4-8,11H2,1-3H3. The molecule has 1 heterocycles. The molecule has 0 aliphatic carbocycles. The number of nitrogens with zero attached hydrogens (tertiary/aromatic N) is 1. The molecule has 2 N–H and O–H groups in total. The second kappa shape index (κ2) is 4.39. The van der Waals surface area contributed by atoms with Crippen LogP contribution in [-0.4, -0.2) is 50.0 Å². The highest BCUT2D eigenvalue weighted by Gasteiger charge is 2.40. The molecular formula is C10H22N2O2S. The Morgan fingerprint density at radius 1 is 1.33 bits per heavy atom. The van der Waals surface area contributed by atoms with E-state index in [0.29, 0.717) is 25.4 Å². The van der Waals surface area contributed by atoms with Gasteiger partial charge in [-0.15, -0.1) is 0 Å². The van der Waals surface area contributed by atoms with Crippen LogP contribution < -0.4 is 5.73 Å². The van der Waals surface area contributed by atoms with Crippen molar-refractivity contribution in [2.24, 2.45) is 5.73 Å². The summed E-state index contributed by atoms with van der Waals surface area (Å²) in [6, 6.07) is 0.398. The zero-order valence-electron chi connectivity index (χ0n) is 9.86. The van der Waals surface area contributed by atoms with Crippen molar-refractivity contribution in [3.63, 3.8) is 0 Å². The number of hydrogen-bond donors (Lipinski definition) is 1. The first-order chi connectivity index (χ1) is 6.83. The largest absolute Gasteiger partial charge is 0.329 e. The van der Waals surface area contributed by atoms with Gasteiger partial charge in [-0.1, -0.05) is 0 Å². The Bertz CT molecular complexity index is 297. The first-order valence-corrected chi connectivity index (χ1v) is 7.28. The molecular weight excluding hydrogens is 212 g/mol. The molecule has 1 saturated heterocycles. The molecule has 0 amide bonds. The molecule has 0 spiro atoms. The van der Waals surface area contributed by atoms with Gasteiger partial charge in [-0.25, -0.2) is 8.42 Å². The van der Waals surface area contributed by atoms with Crippen LogP contribution in [0.25, 0.3) is 0 Å². The van der Waals surface area contributed by atoms with Gasteiger partial charge in [0.1, 0.15) is 9.84 Å². The predicted molar refractivity (Wildman–Crippen MR) is 62.6 cm³/mol. The van der Waals surface area contributed by atoms with Crippen molar-refractivity contribution in [3.05, 3.63) is 0 Å². The lowest BCUT2D eigenvalue weighted by atomic mass is 9.89. The molecule has 1 aliphatic rings. The third-order valence-electron chi connectivity index (χ3n) is 3.66. The third-order valence-corrected chi connectivity index (χ3v) is 5.31. The lowest BCUT2D eigenvalue weighted by Gasteiger charge is -2.45. The minimum Gasteiger partial charge on any atom is -0.329 e. The molecule has 5 heteroatoms. The zero-order valence-corrected chi connectivity index (χ0v) is 10.7. The van der Waals surface area contributed by atoms with Gasteiger partial charge in [0.05, 0.1) is 11.5 Å². The lowest BCUT2D eigenvalue weighted by Crippen LogP contribution is -2.58. The van der Waals surface area contributed by atoms with Gasteiger partial charge in [-0.05, 0) is 33.7 Å². The second-order valence-electron chi connectivity index (χ2n) is 4.78. The van der Waals surface area contributed by atoms with Crippen LogP contribution >= 0.6 is 0 Å². The molecule has 0 bridgehead atoms. The van der Waals surface area contributed by atoms with Gasteiger partial charge in [0.25, 0.3) is 0 Å². The summed E-state index contributed by atoms with van der Waals surface area (Å²) in [5, 5.41) is 0. The summed E-state index contributed by atoms with van der Waals surface area (Å²) in [7, 11) is -0.768. The van der Waals surface area contributed by atoms with Crippen LogP contribution in [0.3, 0.4) is 0 Å². The van der Waals surface area contributed by atoms with Crippen LogP contribution in [0.1, 0.15) is 26.7 Å². The zero-order chi connectivity index (χ0) is 11.7. The van der Waals surface area contributed by atoms with E-state index in [4.69, 9.17) is 5.73 Å². The number of likely N-dealkylation sites (N-methyl/N-ethyl adjacent to an activating group) is 1. The minimum atomic E-state index is -2.81. The van der Waals surface area contributed by atoms with E-state index in [1.54, 1.807) is 0 Å². The van der Waals surface area contributed by atoms with Gasteiger partial charge >= 0.3 is 0 Å². The highest BCUT2D eigenvalue weighted by Crippen LogP contribution is 2.29. The number of rotatable bonds is 3. The van der Waals surface area contributed by atoms with Gasteiger partial charge in [0, 0.05) is 18.1 Å². The fourth-order valence-corrected chi connectivity index (χ4v) is 3.75. The average Bonchev–Trinajstić information content (AvgIpc) is 2.18. The van der Waals surface area contributed by atoms with E-state index in [2.05, 4.69) is 18.7 Å². The van der Waals surface area contributed by atoms with Crippen LogP contribution in [0.4, 0.5) is 0 Å². The fourth-order valence-electron chi connectivity index (χ4n) is 2.17. The SMILES string of the molecule is CC(C)N(C)C1(CN)CCS(=O)(=O)CC1. The van der Waals surface area contributed by atoms with E-state index >= 15 is 0 Å². The Kier molecular flexibility index (Phi) is 3.79. The molecule has 15 heavy (non-hydrogen) atoms. The molecule has 0 saturated carbocycles. The monoisotopic (exact) mass is 234 g/mol. The molecule has 0 unspecified atom stereocenters. The molecule has 1 fully saturated rings. The fraction of sp³-hybridized carbons (Fsp3) is 1.00. The first kappa shape index (κ1) is 12.9. The average molecular weight is 234 g/mol. The smallest absolute Gasteiger partial charge is 0.150 e. The number of sulfone groups is 1. The quantitative estimate of drug-likeness (QED) is 0.759. The maximum absolute atomic E-state index is 11.4. The van der Waals surface area contributed by atoms with Gasteiger partial charge < -0.3 is 5.73 Å². The number of hydrogen-bond acceptors (Lipinski definition) is 4. The van der Waals surface area contributed by atoms with Crippen LogP contribution in [0, 0.1) is 0 Å². The van der Waals surface area contributed by atoms with Gasteiger partial charge in [0.15, 0.2) is 0 Å². The molecule has 0 radical (unpaired) electrons. The van der Waals surface area contributed by atoms with E-state index in [-0.39, 0.29) is 17.0 Å². The summed E-state index contributed by atoms with van der Waals surface area (Å²) >= 11 is 0. The predicted octanol–water partition coefficient (Wildman–Crippen LogP) is 0.233. The van der Waals surface area contributed by atoms with Crippen molar-refractivity contribution >= 4 is 9.84 Å². The molecule has 4 nitrogen and oxygen atoms in total. The maximum Gasteiger partial charge on any atom is 0.150 e. The summed E-state index contributed by atoms with van der Waals surface area (Å²) in [5.41, 5.74) is 5.72. The summed E-state index contributed by atoms with van der Waals surface area (Å²) in [4.78, 5) is 2.22. The first-order valence-electron chi connectivity index (χ1n) is 5.46. The molecule has 1 aliphatic heterocycles. The van der Waals surface area contributed by atoms with Crippen molar-refractivity contribution < 1.29 is 8.42 Å². The van der Waals surface area contributed by atoms with E-state index in [1.165, 1.54) is 0 Å². The van der Waals surface area contributed by atoms with Crippen LogP contribution in [0.5, 0.6) is 0 Å². The van der Waals surface area contributed by atoms with Crippen LogP contribution in [0.2, 0.25) is 0 Å². The van der Waals surface area contributed by atoms with E-state index in [9.17, 15) is 8.42 Å². The second-order valence-corrected chi connectivity index (χ2v) is 7.09. The third kappa shape index (κ3) is 2.71. The molecule has 0 atom stereocenters.